The van der Waals surface area contributed by atoms with Gasteiger partial charge in [-0.2, -0.15) is 0 Å². The lowest BCUT2D eigenvalue weighted by molar-refractivity contribution is 1.28. The molecular weight excluding hydrogens is 148 g/mol. The van der Waals surface area contributed by atoms with Gasteiger partial charge in [0.15, 0.2) is 0 Å². The Morgan fingerprint density at radius 3 is 3.17 bits per heavy atom. The molecule has 0 bridgehead atoms. The molecule has 0 spiro atoms. The molecule has 0 aliphatic heterocycles. The van der Waals surface area contributed by atoms with Gasteiger partial charge in [-0.3, -0.25) is 9.97 Å². The molecule has 0 N–H and O–H groups in total. The van der Waals surface area contributed by atoms with Crippen LogP contribution in [0, 0.1) is 0 Å². The molecule has 2 aromatic rings. The molecule has 0 fully saturated rings. The fraction of sp³-hybridized carbons (Fsp3) is 0. The van der Waals surface area contributed by atoms with Crippen LogP contribution in [0.25, 0.3) is 11.3 Å². The molecule has 0 aromatic carbocycles. The van der Waals surface area contributed by atoms with E-state index in [1.54, 1.807) is 18.3 Å². The molecule has 0 saturated carbocycles. The van der Waals surface area contributed by atoms with E-state index in [2.05, 4.69) is 9.97 Å². The van der Waals surface area contributed by atoms with Crippen molar-refractivity contribution < 1.29 is 5.48 Å². The second kappa shape index (κ2) is 3.13. The maximum absolute atomic E-state index is 7.69. The Balaban J connectivity index is 2.68. The van der Waals surface area contributed by atoms with Crippen molar-refractivity contribution in [1.29, 1.82) is 0 Å². The summed E-state index contributed by atoms with van der Waals surface area (Å²) in [5, 5.41) is 0. The number of rotatable bonds is 1. The third-order valence-electron chi connectivity index (χ3n) is 1.40. The molecule has 12 heavy (non-hydrogen) atoms. The van der Waals surface area contributed by atoms with Gasteiger partial charge in [0.25, 0.3) is 0 Å². The van der Waals surface area contributed by atoms with Crippen molar-refractivity contribution in [1.82, 2.24) is 9.97 Å². The van der Waals surface area contributed by atoms with E-state index in [1.807, 2.05) is 0 Å². The maximum Gasteiger partial charge on any atom is 0.0840 e. The molecule has 0 atom stereocenters. The van der Waals surface area contributed by atoms with Crippen LogP contribution in [0.5, 0.6) is 0 Å². The minimum absolute atomic E-state index is 0.144. The van der Waals surface area contributed by atoms with Gasteiger partial charge in [-0.15, -0.1) is 0 Å². The van der Waals surface area contributed by atoms with Gasteiger partial charge in [-0.25, -0.2) is 0 Å². The summed E-state index contributed by atoms with van der Waals surface area (Å²) < 4.78 is 30.0. The number of hydrogen-bond acceptors (Lipinski definition) is 2. The summed E-state index contributed by atoms with van der Waals surface area (Å²) >= 11 is 0. The first-order valence-electron chi connectivity index (χ1n) is 5.46. The van der Waals surface area contributed by atoms with Gasteiger partial charge >= 0.3 is 0 Å². The molecular formula is C10H8N2. The van der Waals surface area contributed by atoms with E-state index in [4.69, 9.17) is 5.48 Å². The fourth-order valence-electron chi connectivity index (χ4n) is 0.870. The number of pyridine rings is 2. The summed E-state index contributed by atoms with van der Waals surface area (Å²) in [6.45, 7) is 0. The van der Waals surface area contributed by atoms with E-state index in [0.29, 0.717) is 5.56 Å². The van der Waals surface area contributed by atoms with Crippen molar-refractivity contribution in [3.63, 3.8) is 0 Å². The topological polar surface area (TPSA) is 25.8 Å². The molecule has 0 saturated heterocycles. The predicted molar refractivity (Wildman–Crippen MR) is 47.5 cm³/mol. The first-order valence-corrected chi connectivity index (χ1v) is 3.46. The quantitative estimate of drug-likeness (QED) is 0.638. The average Bonchev–Trinajstić information content (AvgIpc) is 2.32. The Labute approximate surface area is 76.5 Å². The monoisotopic (exact) mass is 160 g/mol. The van der Waals surface area contributed by atoms with Gasteiger partial charge in [0.2, 0.25) is 0 Å². The molecule has 2 rings (SSSR count). The summed E-state index contributed by atoms with van der Waals surface area (Å²) in [6, 6.07) is 2.65. The normalized spacial score (nSPS) is 14.3. The van der Waals surface area contributed by atoms with Crippen LogP contribution in [0.2, 0.25) is 0 Å². The predicted octanol–water partition coefficient (Wildman–Crippen LogP) is 2.14. The SMILES string of the molecule is [2H]c1nc(-c2cccnc2)c([2H])c([2H])c1[2H]. The Hall–Kier alpha value is -1.70. The Morgan fingerprint density at radius 1 is 1.33 bits per heavy atom. The van der Waals surface area contributed by atoms with Crippen molar-refractivity contribution in [3.8, 4) is 11.3 Å². The highest BCUT2D eigenvalue weighted by molar-refractivity contribution is 5.56. The second-order valence-electron chi connectivity index (χ2n) is 2.19. The molecule has 2 aromatic heterocycles. The summed E-state index contributed by atoms with van der Waals surface area (Å²) in [7, 11) is 0. The molecule has 0 unspecified atom stereocenters. The third kappa shape index (κ3) is 1.32. The second-order valence-corrected chi connectivity index (χ2v) is 2.19. The first-order chi connectivity index (χ1) is 7.61. The minimum Gasteiger partial charge on any atom is -0.264 e. The smallest absolute Gasteiger partial charge is 0.0840 e. The highest BCUT2D eigenvalue weighted by Gasteiger charge is 1.94. The summed E-state index contributed by atoms with van der Waals surface area (Å²) in [6.07, 6.45) is 2.82. The molecule has 0 radical (unpaired) electrons. The van der Waals surface area contributed by atoms with E-state index in [1.165, 1.54) is 6.20 Å². The van der Waals surface area contributed by atoms with Crippen LogP contribution in [0.4, 0.5) is 0 Å². The van der Waals surface area contributed by atoms with E-state index in [0.717, 1.165) is 0 Å². The highest BCUT2D eigenvalue weighted by atomic mass is 14.7. The summed E-state index contributed by atoms with van der Waals surface area (Å²) in [4.78, 5) is 7.73. The third-order valence-corrected chi connectivity index (χ3v) is 1.40. The zero-order valence-corrected chi connectivity index (χ0v) is 6.20. The Bertz CT molecular complexity index is 528. The van der Waals surface area contributed by atoms with E-state index in [9.17, 15) is 0 Å². The van der Waals surface area contributed by atoms with Crippen LogP contribution >= 0.6 is 0 Å². The van der Waals surface area contributed by atoms with Gasteiger partial charge in [0.1, 0.15) is 0 Å². The zero-order chi connectivity index (χ0) is 11.7. The van der Waals surface area contributed by atoms with Gasteiger partial charge in [-0.1, -0.05) is 6.04 Å². The lowest BCUT2D eigenvalue weighted by Gasteiger charge is -1.96. The lowest BCUT2D eigenvalue weighted by Crippen LogP contribution is -1.81. The lowest BCUT2D eigenvalue weighted by atomic mass is 10.2. The molecule has 2 heteroatoms. The average molecular weight is 160 g/mol. The van der Waals surface area contributed by atoms with E-state index in [-0.39, 0.29) is 30.0 Å². The molecule has 58 valence electrons. The van der Waals surface area contributed by atoms with Crippen molar-refractivity contribution in [3.05, 3.63) is 48.8 Å². The largest absolute Gasteiger partial charge is 0.264 e. The fourth-order valence-corrected chi connectivity index (χ4v) is 0.870. The van der Waals surface area contributed by atoms with Crippen LogP contribution in [0.15, 0.2) is 48.8 Å². The molecule has 2 heterocycles. The van der Waals surface area contributed by atoms with Crippen LogP contribution in [-0.4, -0.2) is 9.97 Å². The minimum atomic E-state index is -0.322. The Morgan fingerprint density at radius 2 is 2.33 bits per heavy atom. The van der Waals surface area contributed by atoms with Gasteiger partial charge < -0.3 is 0 Å². The molecule has 0 aliphatic rings. The van der Waals surface area contributed by atoms with Crippen molar-refractivity contribution in [2.24, 2.45) is 0 Å². The number of aromatic nitrogens is 2. The summed E-state index contributed by atoms with van der Waals surface area (Å²) in [5.41, 5.74) is 0.800. The molecule has 2 nitrogen and oxygen atoms in total. The van der Waals surface area contributed by atoms with Crippen LogP contribution < -0.4 is 0 Å². The number of nitrogens with zero attached hydrogens (tertiary/aromatic N) is 2. The highest BCUT2D eigenvalue weighted by Crippen LogP contribution is 2.12. The van der Waals surface area contributed by atoms with Crippen LogP contribution in [0.3, 0.4) is 0 Å². The van der Waals surface area contributed by atoms with E-state index >= 15 is 0 Å². The van der Waals surface area contributed by atoms with Crippen LogP contribution in [0.1, 0.15) is 5.48 Å². The zero-order valence-electron chi connectivity index (χ0n) is 10.2. The first kappa shape index (κ1) is 3.81. The van der Waals surface area contributed by atoms with E-state index < -0.39 is 0 Å². The van der Waals surface area contributed by atoms with Crippen molar-refractivity contribution in [2.45, 2.75) is 0 Å². The number of hydrogen-bond donors (Lipinski definition) is 0. The Kier molecular flexibility index (Phi) is 0.994. The van der Waals surface area contributed by atoms with Gasteiger partial charge in [-0.05, 0) is 24.2 Å². The maximum atomic E-state index is 7.69. The standard InChI is InChI=1S/C10H8N2/c1-2-7-12-10(5-1)9-4-3-6-11-8-9/h1-8H/i1D,2D,5D,7D. The molecule has 0 aliphatic carbocycles. The van der Waals surface area contributed by atoms with Gasteiger partial charge in [0.05, 0.1) is 11.2 Å². The molecule has 0 amide bonds. The van der Waals surface area contributed by atoms with Gasteiger partial charge in [0, 0.05) is 24.1 Å². The summed E-state index contributed by atoms with van der Waals surface area (Å²) in [5.74, 6) is 0. The van der Waals surface area contributed by atoms with Crippen LogP contribution in [-0.2, 0) is 0 Å². The van der Waals surface area contributed by atoms with Crippen molar-refractivity contribution in [2.75, 3.05) is 0 Å². The van der Waals surface area contributed by atoms with Crippen molar-refractivity contribution >= 4 is 0 Å².